The summed E-state index contributed by atoms with van der Waals surface area (Å²) < 4.78 is 10.5. The van der Waals surface area contributed by atoms with Crippen LogP contribution < -0.4 is 9.47 Å². The Hall–Kier alpha value is -2.26. The molecule has 0 aliphatic carbocycles. The Morgan fingerprint density at radius 3 is 2.48 bits per heavy atom. The van der Waals surface area contributed by atoms with Gasteiger partial charge in [-0.2, -0.15) is 0 Å². The molecule has 0 heterocycles. The fourth-order valence-electron chi connectivity index (χ4n) is 1.96. The van der Waals surface area contributed by atoms with Crippen LogP contribution >= 0.6 is 11.6 Å². The Labute approximate surface area is 128 Å². The quantitative estimate of drug-likeness (QED) is 0.612. The highest BCUT2D eigenvalue weighted by atomic mass is 35.5. The molecule has 0 saturated carbocycles. The molecule has 0 saturated heterocycles. The van der Waals surface area contributed by atoms with Gasteiger partial charge in [0.25, 0.3) is 0 Å². The summed E-state index contributed by atoms with van der Waals surface area (Å²) in [6.45, 7) is 0. The van der Waals surface area contributed by atoms with E-state index in [1.54, 1.807) is 50.6 Å². The van der Waals surface area contributed by atoms with Crippen molar-refractivity contribution in [1.29, 1.82) is 0 Å². The van der Waals surface area contributed by atoms with E-state index in [0.29, 0.717) is 22.1 Å². The normalized spacial score (nSPS) is 10.6. The maximum Gasteiger partial charge on any atom is 0.187 e. The maximum absolute atomic E-state index is 12.1. The predicted molar refractivity (Wildman–Crippen MR) is 84.4 cm³/mol. The molecule has 2 aromatic rings. The van der Waals surface area contributed by atoms with Gasteiger partial charge in [-0.15, -0.1) is 0 Å². The second kappa shape index (κ2) is 6.95. The molecule has 0 radical (unpaired) electrons. The zero-order chi connectivity index (χ0) is 15.2. The van der Waals surface area contributed by atoms with Gasteiger partial charge in [0.05, 0.1) is 19.2 Å². The first-order chi connectivity index (χ1) is 10.2. The van der Waals surface area contributed by atoms with Crippen molar-refractivity contribution in [3.05, 3.63) is 64.7 Å². The van der Waals surface area contributed by atoms with Crippen molar-refractivity contribution in [2.24, 2.45) is 0 Å². The summed E-state index contributed by atoms with van der Waals surface area (Å²) in [5.74, 6) is 1.04. The number of rotatable bonds is 5. The number of ether oxygens (including phenoxy) is 2. The van der Waals surface area contributed by atoms with Crippen molar-refractivity contribution < 1.29 is 14.3 Å². The van der Waals surface area contributed by atoms with Gasteiger partial charge in [-0.05, 0) is 30.4 Å². The minimum absolute atomic E-state index is 0.162. The Bertz CT molecular complexity index is 677. The number of benzene rings is 2. The van der Waals surface area contributed by atoms with Crippen LogP contribution in [0.25, 0.3) is 6.08 Å². The van der Waals surface area contributed by atoms with Gasteiger partial charge in [0.1, 0.15) is 0 Å². The van der Waals surface area contributed by atoms with Gasteiger partial charge >= 0.3 is 0 Å². The van der Waals surface area contributed by atoms with Gasteiger partial charge in [0.2, 0.25) is 0 Å². The summed E-state index contributed by atoms with van der Waals surface area (Å²) in [5.41, 5.74) is 1.23. The standard InChI is InChI=1S/C17H15ClO3/c1-20-16-9-5-6-12(17(16)21-2)10-11-15(19)13-7-3-4-8-14(13)18/h3-11H,1-2H3. The summed E-state index contributed by atoms with van der Waals surface area (Å²) in [6.07, 6.45) is 3.16. The SMILES string of the molecule is COc1cccc(C=CC(=O)c2ccccc2Cl)c1OC. The van der Waals surface area contributed by atoms with E-state index in [4.69, 9.17) is 21.1 Å². The van der Waals surface area contributed by atoms with Crippen LogP contribution in [0.1, 0.15) is 15.9 Å². The van der Waals surface area contributed by atoms with Crippen LogP contribution in [0, 0.1) is 0 Å². The number of carbonyl (C=O) groups excluding carboxylic acids is 1. The molecule has 2 aromatic carbocycles. The number of para-hydroxylation sites is 1. The number of methoxy groups -OCH3 is 2. The highest BCUT2D eigenvalue weighted by Gasteiger charge is 2.09. The number of halogens is 1. The first-order valence-electron chi connectivity index (χ1n) is 6.35. The lowest BCUT2D eigenvalue weighted by molar-refractivity contribution is 0.104. The smallest absolute Gasteiger partial charge is 0.187 e. The van der Waals surface area contributed by atoms with Crippen LogP contribution in [0.3, 0.4) is 0 Å². The van der Waals surface area contributed by atoms with E-state index in [1.807, 2.05) is 12.1 Å². The largest absolute Gasteiger partial charge is 0.493 e. The third kappa shape index (κ3) is 3.44. The fraction of sp³-hybridized carbons (Fsp3) is 0.118. The van der Waals surface area contributed by atoms with Crippen LogP contribution in [-0.2, 0) is 0 Å². The second-order valence-electron chi connectivity index (χ2n) is 4.26. The first-order valence-corrected chi connectivity index (χ1v) is 6.73. The summed E-state index contributed by atoms with van der Waals surface area (Å²) in [4.78, 5) is 12.1. The number of hydrogen-bond donors (Lipinski definition) is 0. The lowest BCUT2D eigenvalue weighted by Crippen LogP contribution is -1.96. The second-order valence-corrected chi connectivity index (χ2v) is 4.67. The van der Waals surface area contributed by atoms with Crippen molar-refractivity contribution in [2.75, 3.05) is 14.2 Å². The molecule has 0 atom stereocenters. The number of allylic oxidation sites excluding steroid dienone is 1. The molecule has 0 N–H and O–H groups in total. The van der Waals surface area contributed by atoms with Crippen molar-refractivity contribution in [3.8, 4) is 11.5 Å². The van der Waals surface area contributed by atoms with Crippen molar-refractivity contribution in [2.45, 2.75) is 0 Å². The monoisotopic (exact) mass is 302 g/mol. The van der Waals surface area contributed by atoms with E-state index >= 15 is 0 Å². The molecule has 3 nitrogen and oxygen atoms in total. The van der Waals surface area contributed by atoms with Gasteiger partial charge < -0.3 is 9.47 Å². The van der Waals surface area contributed by atoms with Crippen molar-refractivity contribution >= 4 is 23.5 Å². The van der Waals surface area contributed by atoms with Gasteiger partial charge in [-0.1, -0.05) is 35.9 Å². The van der Waals surface area contributed by atoms with E-state index < -0.39 is 0 Å². The van der Waals surface area contributed by atoms with Crippen LogP contribution in [0.4, 0.5) is 0 Å². The molecule has 0 amide bonds. The Morgan fingerprint density at radius 1 is 1.05 bits per heavy atom. The van der Waals surface area contributed by atoms with E-state index in [0.717, 1.165) is 5.56 Å². The van der Waals surface area contributed by atoms with Crippen molar-refractivity contribution in [3.63, 3.8) is 0 Å². The van der Waals surface area contributed by atoms with Crippen LogP contribution in [-0.4, -0.2) is 20.0 Å². The lowest BCUT2D eigenvalue weighted by atomic mass is 10.1. The molecule has 4 heteroatoms. The summed E-state index contributed by atoms with van der Waals surface area (Å²) >= 11 is 6.01. The highest BCUT2D eigenvalue weighted by Crippen LogP contribution is 2.31. The first kappa shape index (κ1) is 15.1. The highest BCUT2D eigenvalue weighted by molar-refractivity contribution is 6.34. The molecule has 21 heavy (non-hydrogen) atoms. The third-order valence-corrected chi connectivity index (χ3v) is 3.32. The topological polar surface area (TPSA) is 35.5 Å². The minimum Gasteiger partial charge on any atom is -0.493 e. The molecule has 108 valence electrons. The molecule has 2 rings (SSSR count). The molecule has 0 aromatic heterocycles. The summed E-state index contributed by atoms with van der Waals surface area (Å²) in [5, 5.41) is 0.435. The van der Waals surface area contributed by atoms with E-state index in [-0.39, 0.29) is 5.78 Å². The van der Waals surface area contributed by atoms with Gasteiger partial charge in [0.15, 0.2) is 17.3 Å². The molecule has 0 spiro atoms. The maximum atomic E-state index is 12.1. The van der Waals surface area contributed by atoms with E-state index in [9.17, 15) is 4.79 Å². The van der Waals surface area contributed by atoms with Crippen molar-refractivity contribution in [1.82, 2.24) is 0 Å². The predicted octanol–water partition coefficient (Wildman–Crippen LogP) is 4.25. The molecule has 0 aliphatic rings. The number of ketones is 1. The van der Waals surface area contributed by atoms with Crippen LogP contribution in [0.15, 0.2) is 48.5 Å². The zero-order valence-electron chi connectivity index (χ0n) is 11.8. The van der Waals surface area contributed by atoms with Gasteiger partial charge in [0, 0.05) is 11.1 Å². The Morgan fingerprint density at radius 2 is 1.81 bits per heavy atom. The molecule has 0 bridgehead atoms. The zero-order valence-corrected chi connectivity index (χ0v) is 12.6. The Balaban J connectivity index is 2.30. The van der Waals surface area contributed by atoms with Gasteiger partial charge in [-0.25, -0.2) is 0 Å². The molecular weight excluding hydrogens is 288 g/mol. The minimum atomic E-state index is -0.162. The molecular formula is C17H15ClO3. The van der Waals surface area contributed by atoms with E-state index in [1.165, 1.54) is 6.08 Å². The van der Waals surface area contributed by atoms with Crippen LogP contribution in [0.5, 0.6) is 11.5 Å². The average molecular weight is 303 g/mol. The summed E-state index contributed by atoms with van der Waals surface area (Å²) in [6, 6.07) is 12.4. The number of carbonyl (C=O) groups is 1. The Kier molecular flexibility index (Phi) is 5.01. The average Bonchev–Trinajstić information content (AvgIpc) is 2.52. The van der Waals surface area contributed by atoms with Crippen LogP contribution in [0.2, 0.25) is 5.02 Å². The molecule has 0 fully saturated rings. The summed E-state index contributed by atoms with van der Waals surface area (Å²) in [7, 11) is 3.13. The van der Waals surface area contributed by atoms with E-state index in [2.05, 4.69) is 0 Å². The molecule has 0 aliphatic heterocycles. The van der Waals surface area contributed by atoms with Gasteiger partial charge in [-0.3, -0.25) is 4.79 Å². The molecule has 0 unspecified atom stereocenters. The number of hydrogen-bond acceptors (Lipinski definition) is 3. The fourth-order valence-corrected chi connectivity index (χ4v) is 2.19. The lowest BCUT2D eigenvalue weighted by Gasteiger charge is -2.09. The third-order valence-electron chi connectivity index (χ3n) is 2.99.